The molecule has 0 aliphatic carbocycles. The molecule has 0 atom stereocenters. The number of amides is 3. The largest absolute Gasteiger partial charge is 0.480 e. The molecule has 2 aromatic rings. The van der Waals surface area contributed by atoms with Crippen molar-refractivity contribution in [3.8, 4) is 11.8 Å². The van der Waals surface area contributed by atoms with Crippen LogP contribution in [0.2, 0.25) is 0 Å². The highest BCUT2D eigenvalue weighted by Gasteiger charge is 2.35. The molecule has 3 amide bonds. The van der Waals surface area contributed by atoms with Crippen LogP contribution in [0.4, 0.5) is 16.6 Å². The van der Waals surface area contributed by atoms with E-state index in [4.69, 9.17) is 9.47 Å². The second-order valence-corrected chi connectivity index (χ2v) is 7.62. The van der Waals surface area contributed by atoms with Crippen LogP contribution < -0.4 is 20.1 Å². The molecule has 0 spiro atoms. The van der Waals surface area contributed by atoms with Gasteiger partial charge in [0.05, 0.1) is 12.7 Å². The van der Waals surface area contributed by atoms with Gasteiger partial charge in [0, 0.05) is 20.3 Å². The lowest BCUT2D eigenvalue weighted by Gasteiger charge is -2.14. The number of hydrogen-bond acceptors (Lipinski definition) is 9. The first-order chi connectivity index (χ1) is 13.2. The lowest BCUT2D eigenvalue weighted by molar-refractivity contribution is 0.0828. The van der Waals surface area contributed by atoms with Crippen molar-refractivity contribution < 1.29 is 27.5 Å². The number of carbonyl (C=O) groups excluding carboxylic acids is 2. The average Bonchev–Trinajstić information content (AvgIpc) is 2.95. The van der Waals surface area contributed by atoms with Crippen molar-refractivity contribution in [3.63, 3.8) is 0 Å². The van der Waals surface area contributed by atoms with Crippen molar-refractivity contribution in [2.45, 2.75) is 4.90 Å². The molecule has 0 saturated carbocycles. The Kier molecular flexibility index (Phi) is 5.00. The molecule has 0 aromatic carbocycles. The van der Waals surface area contributed by atoms with Gasteiger partial charge in [-0.3, -0.25) is 15.4 Å². The summed E-state index contributed by atoms with van der Waals surface area (Å²) in [4.78, 5) is 37.2. The number of nitrogens with one attached hydrogen (secondary N) is 2. The van der Waals surface area contributed by atoms with Crippen LogP contribution in [0.25, 0.3) is 0 Å². The van der Waals surface area contributed by atoms with E-state index in [2.05, 4.69) is 25.6 Å². The summed E-state index contributed by atoms with van der Waals surface area (Å²) >= 11 is 0. The Hall–Kier alpha value is -3.48. The summed E-state index contributed by atoms with van der Waals surface area (Å²) < 4.78 is 33.9. The summed E-state index contributed by atoms with van der Waals surface area (Å²) in [6, 6.07) is 2.28. The number of nitrogens with zero attached hydrogens (tertiary/aromatic N) is 4. The number of aromatic nitrogens is 3. The van der Waals surface area contributed by atoms with E-state index in [1.54, 1.807) is 20.2 Å². The molecule has 148 valence electrons. The zero-order chi connectivity index (χ0) is 20.5. The standard InChI is InChI=1S/C15H16N6O6S/c1-21(2)13(22)8-5-4-6-16-10(8)17-15(23)20-14-18-11(26-3)9-12(19-14)27-7-28(9,24)25/h4-6H,7H2,1-3H3,(H2,16,17,18,19,20,23). The van der Waals surface area contributed by atoms with Crippen molar-refractivity contribution in [1.82, 2.24) is 19.9 Å². The van der Waals surface area contributed by atoms with Crippen molar-refractivity contribution in [2.75, 3.05) is 37.8 Å². The van der Waals surface area contributed by atoms with Gasteiger partial charge in [-0.15, -0.1) is 0 Å². The van der Waals surface area contributed by atoms with Gasteiger partial charge in [0.15, 0.2) is 10.8 Å². The van der Waals surface area contributed by atoms with Crippen molar-refractivity contribution in [3.05, 3.63) is 23.9 Å². The summed E-state index contributed by atoms with van der Waals surface area (Å²) in [5.41, 5.74) is 0.185. The van der Waals surface area contributed by atoms with E-state index in [9.17, 15) is 18.0 Å². The molecule has 1 aliphatic heterocycles. The Balaban J connectivity index is 1.83. The Morgan fingerprint density at radius 3 is 2.68 bits per heavy atom. The van der Waals surface area contributed by atoms with Crippen molar-refractivity contribution >= 4 is 33.5 Å². The first-order valence-corrected chi connectivity index (χ1v) is 9.44. The molecule has 0 unspecified atom stereocenters. The van der Waals surface area contributed by atoms with Crippen molar-refractivity contribution in [1.29, 1.82) is 0 Å². The maximum atomic E-state index is 12.3. The zero-order valence-corrected chi connectivity index (χ0v) is 15.9. The van der Waals surface area contributed by atoms with Gasteiger partial charge in [-0.25, -0.2) is 18.2 Å². The number of ether oxygens (including phenoxy) is 2. The molecule has 0 bridgehead atoms. The summed E-state index contributed by atoms with van der Waals surface area (Å²) in [5, 5.41) is 4.75. The molecule has 0 saturated heterocycles. The van der Waals surface area contributed by atoms with E-state index in [1.165, 1.54) is 24.3 Å². The highest BCUT2D eigenvalue weighted by Crippen LogP contribution is 2.36. The van der Waals surface area contributed by atoms with Crippen LogP contribution >= 0.6 is 0 Å². The third kappa shape index (κ3) is 3.64. The predicted octanol–water partition coefficient (Wildman–Crippen LogP) is 0.350. The average molecular weight is 408 g/mol. The molecule has 2 aromatic heterocycles. The fourth-order valence-electron chi connectivity index (χ4n) is 2.32. The van der Waals surface area contributed by atoms with Crippen LogP contribution in [-0.4, -0.2) is 67.4 Å². The highest BCUT2D eigenvalue weighted by molar-refractivity contribution is 7.91. The molecule has 2 N–H and O–H groups in total. The summed E-state index contributed by atoms with van der Waals surface area (Å²) in [6.07, 6.45) is 1.41. The summed E-state index contributed by atoms with van der Waals surface area (Å²) in [7, 11) is 0.646. The first-order valence-electron chi connectivity index (χ1n) is 7.79. The molecule has 12 nitrogen and oxygen atoms in total. The van der Waals surface area contributed by atoms with E-state index in [-0.39, 0.29) is 39.9 Å². The van der Waals surface area contributed by atoms with E-state index in [0.29, 0.717) is 0 Å². The minimum atomic E-state index is -3.72. The lowest BCUT2D eigenvalue weighted by Crippen LogP contribution is -2.26. The minimum absolute atomic E-state index is 0.0330. The third-order valence-electron chi connectivity index (χ3n) is 3.56. The third-order valence-corrected chi connectivity index (χ3v) is 4.96. The van der Waals surface area contributed by atoms with Crippen LogP contribution in [0.1, 0.15) is 10.4 Å². The van der Waals surface area contributed by atoms with Gasteiger partial charge in [-0.05, 0) is 12.1 Å². The zero-order valence-electron chi connectivity index (χ0n) is 15.1. The minimum Gasteiger partial charge on any atom is -0.480 e. The molecule has 3 rings (SSSR count). The molecule has 13 heteroatoms. The molecule has 1 aliphatic rings. The van der Waals surface area contributed by atoms with Crippen LogP contribution in [0.3, 0.4) is 0 Å². The Labute approximate surface area is 159 Å². The van der Waals surface area contributed by atoms with Crippen LogP contribution in [0.15, 0.2) is 23.2 Å². The van der Waals surface area contributed by atoms with Crippen LogP contribution in [0.5, 0.6) is 11.8 Å². The van der Waals surface area contributed by atoms with E-state index < -0.39 is 21.8 Å². The Bertz CT molecular complexity index is 1050. The summed E-state index contributed by atoms with van der Waals surface area (Å²) in [6.45, 7) is 0. The number of hydrogen-bond donors (Lipinski definition) is 2. The predicted molar refractivity (Wildman–Crippen MR) is 96.2 cm³/mol. The second-order valence-electron chi connectivity index (χ2n) is 5.75. The van der Waals surface area contributed by atoms with Gasteiger partial charge >= 0.3 is 6.03 Å². The van der Waals surface area contributed by atoms with Gasteiger partial charge in [-0.1, -0.05) is 0 Å². The van der Waals surface area contributed by atoms with Crippen LogP contribution in [-0.2, 0) is 9.84 Å². The number of methoxy groups -OCH3 is 1. The number of fused-ring (bicyclic) bond motifs is 1. The molecular weight excluding hydrogens is 392 g/mol. The maximum Gasteiger partial charge on any atom is 0.327 e. The molecule has 0 radical (unpaired) electrons. The van der Waals surface area contributed by atoms with Crippen LogP contribution in [0, 0.1) is 0 Å². The lowest BCUT2D eigenvalue weighted by atomic mass is 10.2. The van der Waals surface area contributed by atoms with Gasteiger partial charge < -0.3 is 14.4 Å². The number of sulfone groups is 1. The molecular formula is C15H16N6O6S. The quantitative estimate of drug-likeness (QED) is 0.729. The van der Waals surface area contributed by atoms with E-state index in [1.807, 2.05) is 0 Å². The topological polar surface area (TPSA) is 153 Å². The van der Waals surface area contributed by atoms with E-state index >= 15 is 0 Å². The number of carbonyl (C=O) groups is 2. The fraction of sp³-hybridized carbons (Fsp3) is 0.267. The Morgan fingerprint density at radius 1 is 1.25 bits per heavy atom. The summed E-state index contributed by atoms with van der Waals surface area (Å²) in [5.74, 6) is -1.63. The Morgan fingerprint density at radius 2 is 2.00 bits per heavy atom. The van der Waals surface area contributed by atoms with Gasteiger partial charge in [-0.2, -0.15) is 9.97 Å². The second kappa shape index (κ2) is 7.26. The number of pyridine rings is 1. The first kappa shape index (κ1) is 19.3. The SMILES string of the molecule is COc1nc(NC(=O)Nc2ncccc2C(=O)N(C)C)nc2c1S(=O)(=O)CO2. The monoisotopic (exact) mass is 408 g/mol. The van der Waals surface area contributed by atoms with Gasteiger partial charge in [0.25, 0.3) is 5.91 Å². The highest BCUT2D eigenvalue weighted by atomic mass is 32.2. The van der Waals surface area contributed by atoms with Gasteiger partial charge in [0.2, 0.25) is 27.5 Å². The molecule has 28 heavy (non-hydrogen) atoms. The molecule has 3 heterocycles. The number of anilines is 2. The number of rotatable bonds is 4. The maximum absolute atomic E-state index is 12.3. The fourth-order valence-corrected chi connectivity index (χ4v) is 3.47. The molecule has 0 fully saturated rings. The van der Waals surface area contributed by atoms with Crippen molar-refractivity contribution in [2.24, 2.45) is 0 Å². The van der Waals surface area contributed by atoms with Gasteiger partial charge in [0.1, 0.15) is 5.82 Å². The van der Waals surface area contributed by atoms with E-state index in [0.717, 1.165) is 0 Å². The number of urea groups is 1. The normalized spacial score (nSPS) is 13.8. The smallest absolute Gasteiger partial charge is 0.327 e.